The van der Waals surface area contributed by atoms with Gasteiger partial charge >= 0.3 is 78.5 Å². The van der Waals surface area contributed by atoms with Gasteiger partial charge in [-0.05, 0) is 0 Å². The minimum absolute atomic E-state index is 0.673. The third-order valence-corrected chi connectivity index (χ3v) is 2.59. The van der Waals surface area contributed by atoms with Gasteiger partial charge in [-0.15, -0.1) is 0 Å². The fourth-order valence-corrected chi connectivity index (χ4v) is 1.77. The molecule has 2 radical (unpaired) electrons. The van der Waals surface area contributed by atoms with Gasteiger partial charge in [0.05, 0.1) is 0 Å². The van der Waals surface area contributed by atoms with Gasteiger partial charge in [-0.1, -0.05) is 0 Å². The molecule has 1 aromatic carbocycles. The van der Waals surface area contributed by atoms with Crippen LogP contribution in [0.15, 0.2) is 18.2 Å². The van der Waals surface area contributed by atoms with Gasteiger partial charge in [0.15, 0.2) is 0 Å². The predicted octanol–water partition coefficient (Wildman–Crippen LogP) is -0.0161. The number of ether oxygens (including phenoxy) is 2. The van der Waals surface area contributed by atoms with Crippen LogP contribution in [0.5, 0.6) is 11.5 Å². The Kier molecular flexibility index (Phi) is 1.94. The third-order valence-electron chi connectivity index (χ3n) is 1.57. The molecule has 0 saturated carbocycles. The Morgan fingerprint density at radius 2 is 1.82 bits per heavy atom. The molecule has 0 aliphatic carbocycles. The molecular formula is C8H8O2Sn. The van der Waals surface area contributed by atoms with Gasteiger partial charge in [0, 0.05) is 0 Å². The SMILES string of the molecule is [SnH][c]1ccc2c(c1)OCCO2. The van der Waals surface area contributed by atoms with E-state index in [2.05, 4.69) is 12.1 Å². The summed E-state index contributed by atoms with van der Waals surface area (Å²) in [4.78, 5) is 0. The standard InChI is InChI=1S/C8H7O2.Sn.H/c1-2-4-8-7(3-1)9-5-6-10-8;;/h1,3-4H,5-6H2;;. The molecule has 1 aliphatic heterocycles. The number of rotatable bonds is 0. The molecule has 0 atom stereocenters. The summed E-state index contributed by atoms with van der Waals surface area (Å²) in [5.41, 5.74) is 0. The fraction of sp³-hybridized carbons (Fsp3) is 0.250. The van der Waals surface area contributed by atoms with Crippen LogP contribution in [-0.2, 0) is 0 Å². The zero-order valence-corrected chi connectivity index (χ0v) is 9.34. The van der Waals surface area contributed by atoms with Crippen LogP contribution in [-0.4, -0.2) is 35.7 Å². The van der Waals surface area contributed by atoms with Gasteiger partial charge < -0.3 is 0 Å². The first-order chi connectivity index (χ1) is 5.36. The Morgan fingerprint density at radius 3 is 2.64 bits per heavy atom. The second kappa shape index (κ2) is 2.93. The van der Waals surface area contributed by atoms with Crippen molar-refractivity contribution in [3.8, 4) is 11.5 Å². The van der Waals surface area contributed by atoms with Crippen LogP contribution in [0.2, 0.25) is 0 Å². The summed E-state index contributed by atoms with van der Waals surface area (Å²) in [6.45, 7) is 1.35. The summed E-state index contributed by atoms with van der Waals surface area (Å²) in [6.07, 6.45) is 0. The van der Waals surface area contributed by atoms with Crippen molar-refractivity contribution in [1.29, 1.82) is 0 Å². The Bertz CT molecular complexity index is 273. The van der Waals surface area contributed by atoms with E-state index in [0.717, 1.165) is 34.0 Å². The first kappa shape index (κ1) is 7.28. The Labute approximate surface area is 78.6 Å². The number of benzene rings is 1. The predicted molar refractivity (Wildman–Crippen MR) is 44.2 cm³/mol. The molecule has 1 aromatic rings. The number of hydrogen-bond donors (Lipinski definition) is 0. The molecule has 2 rings (SSSR count). The molecule has 1 heterocycles. The van der Waals surface area contributed by atoms with Gasteiger partial charge in [0.2, 0.25) is 0 Å². The van der Waals surface area contributed by atoms with Crippen molar-refractivity contribution in [2.24, 2.45) is 0 Å². The second-order valence-electron chi connectivity index (χ2n) is 2.40. The summed E-state index contributed by atoms with van der Waals surface area (Å²) in [7, 11) is 0. The van der Waals surface area contributed by atoms with Crippen molar-refractivity contribution in [2.75, 3.05) is 13.2 Å². The van der Waals surface area contributed by atoms with Crippen LogP contribution < -0.4 is 13.1 Å². The molecule has 0 aromatic heterocycles. The molecule has 0 amide bonds. The van der Waals surface area contributed by atoms with Gasteiger partial charge in [-0.2, -0.15) is 0 Å². The van der Waals surface area contributed by atoms with Crippen LogP contribution in [0.1, 0.15) is 0 Å². The van der Waals surface area contributed by atoms with E-state index in [1.807, 2.05) is 6.07 Å². The maximum atomic E-state index is 5.40. The van der Waals surface area contributed by atoms with Gasteiger partial charge in [0.25, 0.3) is 0 Å². The van der Waals surface area contributed by atoms with Crippen LogP contribution in [0, 0.1) is 0 Å². The van der Waals surface area contributed by atoms with Crippen molar-refractivity contribution in [3.05, 3.63) is 18.2 Å². The van der Waals surface area contributed by atoms with E-state index in [4.69, 9.17) is 9.47 Å². The van der Waals surface area contributed by atoms with Crippen molar-refractivity contribution in [3.63, 3.8) is 0 Å². The molecular weight excluding hydrogens is 247 g/mol. The normalized spacial score (nSPS) is 14.6. The Hall–Kier alpha value is -0.381. The topological polar surface area (TPSA) is 18.5 Å². The molecule has 0 N–H and O–H groups in total. The summed E-state index contributed by atoms with van der Waals surface area (Å²) < 4.78 is 12.1. The average molecular weight is 255 g/mol. The van der Waals surface area contributed by atoms with Crippen LogP contribution in [0.3, 0.4) is 0 Å². The van der Waals surface area contributed by atoms with E-state index >= 15 is 0 Å². The zero-order valence-electron chi connectivity index (χ0n) is 6.04. The quantitative estimate of drug-likeness (QED) is 0.607. The van der Waals surface area contributed by atoms with Crippen LogP contribution in [0.4, 0.5) is 0 Å². The molecule has 2 nitrogen and oxygen atoms in total. The number of fused-ring (bicyclic) bond motifs is 1. The summed E-state index contributed by atoms with van der Waals surface area (Å²) in [6, 6.07) is 6.11. The van der Waals surface area contributed by atoms with Crippen molar-refractivity contribution in [1.82, 2.24) is 0 Å². The maximum absolute atomic E-state index is 5.40. The summed E-state index contributed by atoms with van der Waals surface area (Å²) in [5.74, 6) is 1.79. The first-order valence-corrected chi connectivity index (χ1v) is 5.16. The van der Waals surface area contributed by atoms with Gasteiger partial charge in [0.1, 0.15) is 0 Å². The van der Waals surface area contributed by atoms with E-state index in [0.29, 0.717) is 13.2 Å². The minimum atomic E-state index is 0.673. The van der Waals surface area contributed by atoms with Crippen LogP contribution in [0.25, 0.3) is 0 Å². The van der Waals surface area contributed by atoms with E-state index < -0.39 is 0 Å². The fourth-order valence-electron chi connectivity index (χ4n) is 1.06. The molecule has 0 bridgehead atoms. The molecule has 0 saturated heterocycles. The van der Waals surface area contributed by atoms with Gasteiger partial charge in [-0.25, -0.2) is 0 Å². The van der Waals surface area contributed by atoms with Crippen LogP contribution >= 0.6 is 0 Å². The molecule has 56 valence electrons. The van der Waals surface area contributed by atoms with E-state index in [1.54, 1.807) is 0 Å². The van der Waals surface area contributed by atoms with Gasteiger partial charge in [-0.3, -0.25) is 0 Å². The van der Waals surface area contributed by atoms with Crippen molar-refractivity contribution in [2.45, 2.75) is 0 Å². The molecule has 3 heteroatoms. The molecule has 0 fully saturated rings. The molecule has 0 unspecified atom stereocenters. The molecule has 11 heavy (non-hydrogen) atoms. The molecule has 1 aliphatic rings. The summed E-state index contributed by atoms with van der Waals surface area (Å²) in [5, 5.41) is 0. The first-order valence-electron chi connectivity index (χ1n) is 3.51. The number of hydrogen-bond acceptors (Lipinski definition) is 2. The molecule has 0 spiro atoms. The van der Waals surface area contributed by atoms with Crippen molar-refractivity contribution < 1.29 is 9.47 Å². The Morgan fingerprint density at radius 1 is 1.09 bits per heavy atom. The summed E-state index contributed by atoms with van der Waals surface area (Å²) >= 11 is 1.13. The van der Waals surface area contributed by atoms with E-state index in [-0.39, 0.29) is 0 Å². The average Bonchev–Trinajstić information content (AvgIpc) is 2.04. The zero-order chi connectivity index (χ0) is 7.68. The van der Waals surface area contributed by atoms with E-state index in [9.17, 15) is 0 Å². The van der Waals surface area contributed by atoms with E-state index in [1.165, 1.54) is 3.58 Å². The third kappa shape index (κ3) is 1.45. The second-order valence-corrected chi connectivity index (χ2v) is 4.31. The Balaban J connectivity index is 2.43. The monoisotopic (exact) mass is 256 g/mol. The van der Waals surface area contributed by atoms with Crippen molar-refractivity contribution >= 4 is 26.1 Å².